The first kappa shape index (κ1) is 19.0. The lowest BCUT2D eigenvalue weighted by Gasteiger charge is -2.32. The van der Waals surface area contributed by atoms with Crippen LogP contribution in [0.25, 0.3) is 11.3 Å². The summed E-state index contributed by atoms with van der Waals surface area (Å²) in [5, 5.41) is 9.81. The molecule has 148 valence electrons. The lowest BCUT2D eigenvalue weighted by Crippen LogP contribution is -2.35. The van der Waals surface area contributed by atoms with Gasteiger partial charge in [0.2, 0.25) is 0 Å². The van der Waals surface area contributed by atoms with Crippen molar-refractivity contribution in [3.63, 3.8) is 0 Å². The summed E-state index contributed by atoms with van der Waals surface area (Å²) in [7, 11) is 0. The Hall–Kier alpha value is -3.35. The van der Waals surface area contributed by atoms with Gasteiger partial charge in [0.25, 0.3) is 0 Å². The van der Waals surface area contributed by atoms with Crippen LogP contribution >= 0.6 is 0 Å². The molecule has 0 atom stereocenters. The van der Waals surface area contributed by atoms with Gasteiger partial charge < -0.3 is 10.0 Å². The molecule has 7 heteroatoms. The van der Waals surface area contributed by atoms with E-state index >= 15 is 0 Å². The molecule has 4 rings (SSSR count). The van der Waals surface area contributed by atoms with Crippen molar-refractivity contribution < 1.29 is 9.90 Å². The van der Waals surface area contributed by atoms with Crippen LogP contribution in [0.4, 0.5) is 5.82 Å². The molecule has 1 saturated heterocycles. The number of piperidine rings is 1. The lowest BCUT2D eigenvalue weighted by molar-refractivity contribution is 0.111. The third kappa shape index (κ3) is 4.23. The van der Waals surface area contributed by atoms with Crippen LogP contribution < -0.4 is 4.90 Å². The number of aromatic nitrogens is 4. The number of carbonyl (C=O) groups excluding carboxylic acids is 1. The minimum Gasteiger partial charge on any atom is -0.504 e. The molecule has 7 nitrogen and oxygen atoms in total. The van der Waals surface area contributed by atoms with Crippen molar-refractivity contribution in [2.75, 3.05) is 18.0 Å². The van der Waals surface area contributed by atoms with Crippen molar-refractivity contribution in [1.29, 1.82) is 0 Å². The number of aromatic hydroxyl groups is 1. The van der Waals surface area contributed by atoms with Gasteiger partial charge in [-0.15, -0.1) is 0 Å². The molecule has 1 aromatic carbocycles. The van der Waals surface area contributed by atoms with Crippen LogP contribution in [0.15, 0.2) is 42.7 Å². The third-order valence-corrected chi connectivity index (χ3v) is 5.36. The predicted molar refractivity (Wildman–Crippen MR) is 110 cm³/mol. The molecule has 0 amide bonds. The van der Waals surface area contributed by atoms with E-state index in [1.54, 1.807) is 6.92 Å². The topological polar surface area (TPSA) is 92.1 Å². The first-order chi connectivity index (χ1) is 14.1. The summed E-state index contributed by atoms with van der Waals surface area (Å²) in [6.45, 7) is 3.47. The van der Waals surface area contributed by atoms with Gasteiger partial charge in [-0.3, -0.25) is 9.78 Å². The molecule has 0 aliphatic carbocycles. The average Bonchev–Trinajstić information content (AvgIpc) is 2.77. The van der Waals surface area contributed by atoms with E-state index in [2.05, 4.69) is 24.8 Å². The maximum absolute atomic E-state index is 11.1. The predicted octanol–water partition coefficient (Wildman–Crippen LogP) is 3.22. The molecule has 29 heavy (non-hydrogen) atoms. The Kier molecular flexibility index (Phi) is 5.46. The van der Waals surface area contributed by atoms with Crippen LogP contribution in [0.1, 0.15) is 34.8 Å². The van der Waals surface area contributed by atoms with Gasteiger partial charge in [-0.05, 0) is 25.7 Å². The fourth-order valence-electron chi connectivity index (χ4n) is 3.69. The van der Waals surface area contributed by atoms with Crippen LogP contribution in [0, 0.1) is 12.8 Å². The van der Waals surface area contributed by atoms with Crippen molar-refractivity contribution in [1.82, 2.24) is 19.9 Å². The molecule has 1 aliphatic rings. The fraction of sp³-hybridized carbons (Fsp3) is 0.318. The largest absolute Gasteiger partial charge is 0.504 e. The Morgan fingerprint density at radius 2 is 1.86 bits per heavy atom. The maximum atomic E-state index is 11.1. The number of carbonyl (C=O) groups is 1. The molecule has 0 bridgehead atoms. The maximum Gasteiger partial charge on any atom is 0.172 e. The fourth-order valence-corrected chi connectivity index (χ4v) is 3.69. The van der Waals surface area contributed by atoms with Gasteiger partial charge in [-0.1, -0.05) is 30.3 Å². The first-order valence-corrected chi connectivity index (χ1v) is 9.78. The van der Waals surface area contributed by atoms with Gasteiger partial charge in [0.05, 0.1) is 23.8 Å². The van der Waals surface area contributed by atoms with E-state index in [1.165, 1.54) is 0 Å². The van der Waals surface area contributed by atoms with E-state index in [-0.39, 0.29) is 11.4 Å². The van der Waals surface area contributed by atoms with Gasteiger partial charge in [0.1, 0.15) is 17.3 Å². The molecule has 2 aromatic heterocycles. The molecule has 0 unspecified atom stereocenters. The molecule has 3 heterocycles. The highest BCUT2D eigenvalue weighted by molar-refractivity contribution is 5.76. The van der Waals surface area contributed by atoms with Crippen molar-refractivity contribution >= 4 is 12.1 Å². The standard InChI is InChI=1S/C22H23N5O2/c1-15-22(29)19(14-28)26-20(25-15)11-16-7-9-27(10-8-16)21-13-23-18(12-24-21)17-5-3-2-4-6-17/h2-6,12-14,16,29H,7-11H2,1H3. The van der Waals surface area contributed by atoms with E-state index in [9.17, 15) is 9.90 Å². The lowest BCUT2D eigenvalue weighted by atomic mass is 9.93. The highest BCUT2D eigenvalue weighted by Crippen LogP contribution is 2.26. The summed E-state index contributed by atoms with van der Waals surface area (Å²) in [6, 6.07) is 10.0. The van der Waals surface area contributed by atoms with Gasteiger partial charge >= 0.3 is 0 Å². The number of hydrogen-bond donors (Lipinski definition) is 1. The molecular weight excluding hydrogens is 366 g/mol. The van der Waals surface area contributed by atoms with Gasteiger partial charge in [0, 0.05) is 25.1 Å². The minimum atomic E-state index is -0.129. The van der Waals surface area contributed by atoms with Crippen LogP contribution in [0.2, 0.25) is 0 Å². The minimum absolute atomic E-state index is 0.0683. The first-order valence-electron chi connectivity index (χ1n) is 9.78. The van der Waals surface area contributed by atoms with Crippen LogP contribution in [-0.2, 0) is 6.42 Å². The number of hydrogen-bond acceptors (Lipinski definition) is 7. The zero-order valence-electron chi connectivity index (χ0n) is 16.3. The monoisotopic (exact) mass is 389 g/mol. The van der Waals surface area contributed by atoms with Crippen molar-refractivity contribution in [3.8, 4) is 17.0 Å². The Balaban J connectivity index is 1.37. The highest BCUT2D eigenvalue weighted by atomic mass is 16.3. The number of nitrogens with zero attached hydrogens (tertiary/aromatic N) is 5. The Morgan fingerprint density at radius 1 is 1.10 bits per heavy atom. The summed E-state index contributed by atoms with van der Waals surface area (Å²) in [5.74, 6) is 1.82. The van der Waals surface area contributed by atoms with Crippen LogP contribution in [-0.4, -0.2) is 44.4 Å². The second-order valence-electron chi connectivity index (χ2n) is 7.34. The van der Waals surface area contributed by atoms with Gasteiger partial charge in [-0.2, -0.15) is 0 Å². The summed E-state index contributed by atoms with van der Waals surface area (Å²) >= 11 is 0. The number of benzene rings is 1. The van der Waals surface area contributed by atoms with E-state index in [1.807, 2.05) is 42.7 Å². The Morgan fingerprint density at radius 3 is 2.52 bits per heavy atom. The average molecular weight is 389 g/mol. The zero-order chi connectivity index (χ0) is 20.2. The Bertz CT molecular complexity index is 984. The summed E-state index contributed by atoms with van der Waals surface area (Å²) in [6.07, 6.45) is 6.92. The summed E-state index contributed by atoms with van der Waals surface area (Å²) in [5.41, 5.74) is 2.45. The molecule has 1 fully saturated rings. The van der Waals surface area contributed by atoms with Crippen molar-refractivity contribution in [2.45, 2.75) is 26.2 Å². The van der Waals surface area contributed by atoms with E-state index in [0.717, 1.165) is 43.0 Å². The molecule has 0 spiro atoms. The normalized spacial score (nSPS) is 14.7. The zero-order valence-corrected chi connectivity index (χ0v) is 16.3. The van der Waals surface area contributed by atoms with Crippen molar-refractivity contribution in [3.05, 3.63) is 59.9 Å². The van der Waals surface area contributed by atoms with Crippen LogP contribution in [0.5, 0.6) is 5.75 Å². The van der Waals surface area contributed by atoms with E-state index in [4.69, 9.17) is 0 Å². The molecule has 0 saturated carbocycles. The molecule has 1 N–H and O–H groups in total. The molecular formula is C22H23N5O2. The summed E-state index contributed by atoms with van der Waals surface area (Å²) < 4.78 is 0. The molecule has 0 radical (unpaired) electrons. The van der Waals surface area contributed by atoms with Gasteiger partial charge in [0.15, 0.2) is 12.0 Å². The number of anilines is 1. The smallest absolute Gasteiger partial charge is 0.172 e. The van der Waals surface area contributed by atoms with Crippen LogP contribution in [0.3, 0.4) is 0 Å². The molecule has 1 aliphatic heterocycles. The van der Waals surface area contributed by atoms with E-state index < -0.39 is 0 Å². The number of aldehydes is 1. The number of rotatable bonds is 5. The highest BCUT2D eigenvalue weighted by Gasteiger charge is 2.22. The van der Waals surface area contributed by atoms with E-state index in [0.29, 0.717) is 30.1 Å². The third-order valence-electron chi connectivity index (χ3n) is 5.36. The SMILES string of the molecule is Cc1nc(CC2CCN(c3cnc(-c4ccccc4)cn3)CC2)nc(C=O)c1O. The van der Waals surface area contributed by atoms with Gasteiger partial charge in [-0.25, -0.2) is 15.0 Å². The second-order valence-corrected chi connectivity index (χ2v) is 7.34. The second kappa shape index (κ2) is 8.34. The summed E-state index contributed by atoms with van der Waals surface area (Å²) in [4.78, 5) is 31.0. The van der Waals surface area contributed by atoms with Crippen molar-refractivity contribution in [2.24, 2.45) is 5.92 Å². The quantitative estimate of drug-likeness (QED) is 0.670. The number of aryl methyl sites for hydroxylation is 1. The molecule has 3 aromatic rings. The Labute approximate surface area is 169 Å².